The van der Waals surface area contributed by atoms with Crippen LogP contribution in [-0.4, -0.2) is 37.1 Å². The fraction of sp³-hybridized carbons (Fsp3) is 0.533. The SMILES string of the molecule is CCOCCN(CC)Cc1ccccc1CC(=O)NN. The summed E-state index contributed by atoms with van der Waals surface area (Å²) in [6, 6.07) is 7.97. The lowest BCUT2D eigenvalue weighted by Gasteiger charge is -2.21. The Morgan fingerprint density at radius 1 is 1.30 bits per heavy atom. The number of carbonyl (C=O) groups excluding carboxylic acids is 1. The van der Waals surface area contributed by atoms with Crippen LogP contribution < -0.4 is 11.3 Å². The summed E-state index contributed by atoms with van der Waals surface area (Å²) in [6.45, 7) is 8.25. The largest absolute Gasteiger partial charge is 0.380 e. The van der Waals surface area contributed by atoms with Gasteiger partial charge < -0.3 is 4.74 Å². The Balaban J connectivity index is 2.66. The molecule has 1 aromatic rings. The van der Waals surface area contributed by atoms with E-state index in [9.17, 15) is 4.79 Å². The molecule has 0 saturated carbocycles. The summed E-state index contributed by atoms with van der Waals surface area (Å²) in [5.74, 6) is 4.98. The molecule has 0 heterocycles. The van der Waals surface area contributed by atoms with Crippen molar-refractivity contribution < 1.29 is 9.53 Å². The molecule has 0 aliphatic rings. The molecule has 20 heavy (non-hydrogen) atoms. The van der Waals surface area contributed by atoms with Crippen LogP contribution in [0.3, 0.4) is 0 Å². The van der Waals surface area contributed by atoms with Gasteiger partial charge in [0.05, 0.1) is 13.0 Å². The first-order valence-electron chi connectivity index (χ1n) is 7.07. The highest BCUT2D eigenvalue weighted by Crippen LogP contribution is 2.12. The highest BCUT2D eigenvalue weighted by molar-refractivity contribution is 5.78. The van der Waals surface area contributed by atoms with Crippen molar-refractivity contribution in [1.82, 2.24) is 10.3 Å². The molecule has 3 N–H and O–H groups in total. The van der Waals surface area contributed by atoms with Gasteiger partial charge in [-0.15, -0.1) is 0 Å². The lowest BCUT2D eigenvalue weighted by atomic mass is 10.0. The molecule has 0 aliphatic carbocycles. The maximum atomic E-state index is 11.4. The Kier molecular flexibility index (Phi) is 7.87. The van der Waals surface area contributed by atoms with E-state index in [1.165, 1.54) is 0 Å². The van der Waals surface area contributed by atoms with Crippen molar-refractivity contribution in [2.75, 3.05) is 26.3 Å². The quantitative estimate of drug-likeness (QED) is 0.307. The van der Waals surface area contributed by atoms with Gasteiger partial charge in [-0.1, -0.05) is 31.2 Å². The van der Waals surface area contributed by atoms with E-state index in [0.717, 1.165) is 44.0 Å². The summed E-state index contributed by atoms with van der Waals surface area (Å²) < 4.78 is 5.39. The molecule has 0 unspecified atom stereocenters. The van der Waals surface area contributed by atoms with Gasteiger partial charge in [0, 0.05) is 19.7 Å². The summed E-state index contributed by atoms with van der Waals surface area (Å²) >= 11 is 0. The topological polar surface area (TPSA) is 67.6 Å². The first-order valence-corrected chi connectivity index (χ1v) is 7.07. The summed E-state index contributed by atoms with van der Waals surface area (Å²) in [5.41, 5.74) is 4.36. The highest BCUT2D eigenvalue weighted by Gasteiger charge is 2.10. The second-order valence-corrected chi connectivity index (χ2v) is 4.58. The molecule has 0 fully saturated rings. The maximum absolute atomic E-state index is 11.4. The zero-order valence-corrected chi connectivity index (χ0v) is 12.4. The van der Waals surface area contributed by atoms with Crippen molar-refractivity contribution in [1.29, 1.82) is 0 Å². The molecule has 0 spiro atoms. The van der Waals surface area contributed by atoms with Crippen LogP contribution in [0.15, 0.2) is 24.3 Å². The number of ether oxygens (including phenoxy) is 1. The lowest BCUT2D eigenvalue weighted by Crippen LogP contribution is -2.32. The van der Waals surface area contributed by atoms with Crippen molar-refractivity contribution in [3.05, 3.63) is 35.4 Å². The molecule has 5 heteroatoms. The van der Waals surface area contributed by atoms with E-state index in [-0.39, 0.29) is 5.91 Å². The third-order valence-electron chi connectivity index (χ3n) is 3.23. The third kappa shape index (κ3) is 5.69. The summed E-state index contributed by atoms with van der Waals surface area (Å²) in [6.07, 6.45) is 0.315. The molecule has 1 rings (SSSR count). The summed E-state index contributed by atoms with van der Waals surface area (Å²) in [4.78, 5) is 13.7. The molecule has 1 aromatic carbocycles. The number of nitrogens with one attached hydrogen (secondary N) is 1. The zero-order chi connectivity index (χ0) is 14.8. The van der Waals surface area contributed by atoms with Gasteiger partial charge in [0.15, 0.2) is 0 Å². The lowest BCUT2D eigenvalue weighted by molar-refractivity contribution is -0.120. The smallest absolute Gasteiger partial charge is 0.238 e. The number of nitrogens with zero attached hydrogens (tertiary/aromatic N) is 1. The van der Waals surface area contributed by atoms with Crippen LogP contribution in [-0.2, 0) is 22.5 Å². The summed E-state index contributed by atoms with van der Waals surface area (Å²) in [7, 11) is 0. The number of benzene rings is 1. The van der Waals surface area contributed by atoms with Crippen LogP contribution in [0.4, 0.5) is 0 Å². The first-order chi connectivity index (χ1) is 9.71. The molecule has 0 saturated heterocycles. The third-order valence-corrected chi connectivity index (χ3v) is 3.23. The van der Waals surface area contributed by atoms with Crippen LogP contribution in [0.1, 0.15) is 25.0 Å². The van der Waals surface area contributed by atoms with Gasteiger partial charge in [0.2, 0.25) is 5.91 Å². The molecule has 0 bridgehead atoms. The Morgan fingerprint density at radius 3 is 2.60 bits per heavy atom. The monoisotopic (exact) mass is 279 g/mol. The highest BCUT2D eigenvalue weighted by atomic mass is 16.5. The molecule has 0 aliphatic heterocycles. The van der Waals surface area contributed by atoms with Crippen LogP contribution in [0, 0.1) is 0 Å². The number of likely N-dealkylation sites (N-methyl/N-ethyl adjacent to an activating group) is 1. The van der Waals surface area contributed by atoms with Crippen molar-refractivity contribution in [2.24, 2.45) is 5.84 Å². The van der Waals surface area contributed by atoms with Crippen molar-refractivity contribution in [3.63, 3.8) is 0 Å². The predicted octanol–water partition coefficient (Wildman–Crippen LogP) is 1.08. The van der Waals surface area contributed by atoms with E-state index in [0.29, 0.717) is 6.42 Å². The number of hydrazine groups is 1. The Hall–Kier alpha value is -1.43. The molecule has 0 aromatic heterocycles. The van der Waals surface area contributed by atoms with Crippen LogP contribution in [0.5, 0.6) is 0 Å². The molecule has 1 amide bonds. The molecular weight excluding hydrogens is 254 g/mol. The Labute approximate surface area is 121 Å². The van der Waals surface area contributed by atoms with Crippen molar-refractivity contribution >= 4 is 5.91 Å². The number of rotatable bonds is 9. The fourth-order valence-corrected chi connectivity index (χ4v) is 2.04. The second-order valence-electron chi connectivity index (χ2n) is 4.58. The van der Waals surface area contributed by atoms with Crippen molar-refractivity contribution in [3.8, 4) is 0 Å². The van der Waals surface area contributed by atoms with E-state index < -0.39 is 0 Å². The van der Waals surface area contributed by atoms with E-state index in [1.54, 1.807) is 0 Å². The van der Waals surface area contributed by atoms with Crippen molar-refractivity contribution in [2.45, 2.75) is 26.8 Å². The van der Waals surface area contributed by atoms with Gasteiger partial charge in [-0.25, -0.2) is 5.84 Å². The van der Waals surface area contributed by atoms with E-state index in [2.05, 4.69) is 23.3 Å². The number of hydrogen-bond acceptors (Lipinski definition) is 4. The Morgan fingerprint density at radius 2 is 2.00 bits per heavy atom. The summed E-state index contributed by atoms with van der Waals surface area (Å²) in [5, 5.41) is 0. The van der Waals surface area contributed by atoms with Crippen LogP contribution in [0.25, 0.3) is 0 Å². The second kappa shape index (κ2) is 9.47. The number of nitrogens with two attached hydrogens (primary N) is 1. The van der Waals surface area contributed by atoms with Gasteiger partial charge in [-0.05, 0) is 24.6 Å². The van der Waals surface area contributed by atoms with Gasteiger partial charge in [-0.3, -0.25) is 15.1 Å². The average Bonchev–Trinajstić information content (AvgIpc) is 2.48. The van der Waals surface area contributed by atoms with Gasteiger partial charge >= 0.3 is 0 Å². The number of hydrogen-bond donors (Lipinski definition) is 2. The minimum Gasteiger partial charge on any atom is -0.380 e. The molecular formula is C15H25N3O2. The van der Waals surface area contributed by atoms with Gasteiger partial charge in [-0.2, -0.15) is 0 Å². The standard InChI is InChI=1S/C15H25N3O2/c1-3-18(9-10-20-4-2)12-14-8-6-5-7-13(14)11-15(19)17-16/h5-8H,3-4,9-12,16H2,1-2H3,(H,17,19). The predicted molar refractivity (Wildman–Crippen MR) is 79.9 cm³/mol. The minimum atomic E-state index is -0.171. The zero-order valence-electron chi connectivity index (χ0n) is 12.4. The van der Waals surface area contributed by atoms with E-state index in [4.69, 9.17) is 10.6 Å². The van der Waals surface area contributed by atoms with E-state index in [1.807, 2.05) is 25.1 Å². The van der Waals surface area contributed by atoms with E-state index >= 15 is 0 Å². The average molecular weight is 279 g/mol. The fourth-order valence-electron chi connectivity index (χ4n) is 2.04. The van der Waals surface area contributed by atoms with Gasteiger partial charge in [0.1, 0.15) is 0 Å². The minimum absolute atomic E-state index is 0.171. The molecule has 5 nitrogen and oxygen atoms in total. The molecule has 0 radical (unpaired) electrons. The maximum Gasteiger partial charge on any atom is 0.238 e. The first kappa shape index (κ1) is 16.6. The van der Waals surface area contributed by atoms with Gasteiger partial charge in [0.25, 0.3) is 0 Å². The number of amides is 1. The normalized spacial score (nSPS) is 10.8. The van der Waals surface area contributed by atoms with Crippen LogP contribution in [0.2, 0.25) is 0 Å². The molecule has 0 atom stereocenters. The van der Waals surface area contributed by atoms with Crippen LogP contribution >= 0.6 is 0 Å². The Bertz CT molecular complexity index is 410. The number of carbonyl (C=O) groups is 1. The molecule has 112 valence electrons.